The molecule has 0 radical (unpaired) electrons. The first kappa shape index (κ1) is 20.3. The number of carbonyl (C=O) groups is 2. The van der Waals surface area contributed by atoms with Gasteiger partial charge in [-0.15, -0.1) is 0 Å². The van der Waals surface area contributed by atoms with Crippen molar-refractivity contribution in [3.63, 3.8) is 0 Å². The maximum atomic E-state index is 13.2. The maximum Gasteiger partial charge on any atom is 0.314 e. The second-order valence-electron chi connectivity index (χ2n) is 8.47. The summed E-state index contributed by atoms with van der Waals surface area (Å²) in [5.41, 5.74) is 9.06. The molecule has 2 amide bonds. The van der Waals surface area contributed by atoms with E-state index < -0.39 is 11.8 Å². The summed E-state index contributed by atoms with van der Waals surface area (Å²) in [6.45, 7) is 2.69. The third-order valence-electron chi connectivity index (χ3n) is 6.45. The van der Waals surface area contributed by atoms with Crippen molar-refractivity contribution in [2.24, 2.45) is 0 Å². The lowest BCUT2D eigenvalue weighted by molar-refractivity contribution is -0.145. The molecule has 2 aliphatic rings. The van der Waals surface area contributed by atoms with Gasteiger partial charge in [-0.05, 0) is 49.8 Å². The number of nitrogens with zero attached hydrogens (tertiary/aromatic N) is 4. The number of aromatic amines is 1. The Morgan fingerprint density at radius 2 is 1.91 bits per heavy atom. The highest BCUT2D eigenvalue weighted by atomic mass is 16.2. The van der Waals surface area contributed by atoms with Crippen LogP contribution in [-0.2, 0) is 9.59 Å². The smallest absolute Gasteiger partial charge is 0.314 e. The monoisotopic (exact) mass is 433 g/mol. The lowest BCUT2D eigenvalue weighted by Crippen LogP contribution is -2.44. The number of nitrogens with one attached hydrogen (secondary N) is 2. The van der Waals surface area contributed by atoms with E-state index in [1.807, 2.05) is 0 Å². The molecule has 2 saturated heterocycles. The highest BCUT2D eigenvalue weighted by Crippen LogP contribution is 2.34. The molecule has 1 aromatic carbocycles. The lowest BCUT2D eigenvalue weighted by Gasteiger charge is -2.36. The summed E-state index contributed by atoms with van der Waals surface area (Å²) in [6.07, 6.45) is 8.16. The number of likely N-dealkylation sites (tertiary alicyclic amines) is 1. The number of rotatable bonds is 3. The Labute approximate surface area is 186 Å². The number of hydrogen-bond donors (Lipinski definition) is 3. The number of nitrogens with two attached hydrogens (primary N) is 1. The molecule has 0 aliphatic carbocycles. The fourth-order valence-corrected chi connectivity index (χ4v) is 4.78. The Hall–Kier alpha value is -3.62. The quantitative estimate of drug-likeness (QED) is 0.546. The number of benzene rings is 1. The normalized spacial score (nSPS) is 18.8. The number of amides is 2. The average Bonchev–Trinajstić information content (AvgIpc) is 3.53. The predicted octanol–water partition coefficient (Wildman–Crippen LogP) is 2.83. The molecule has 2 aliphatic heterocycles. The number of fused-ring (bicyclic) bond motifs is 1. The highest BCUT2D eigenvalue weighted by Gasteiger charge is 2.32. The van der Waals surface area contributed by atoms with Gasteiger partial charge in [-0.3, -0.25) is 14.7 Å². The number of carbonyl (C=O) groups excluding carboxylic acids is 2. The first-order valence-corrected chi connectivity index (χ1v) is 11.2. The molecule has 2 fully saturated rings. The molecule has 32 heavy (non-hydrogen) atoms. The minimum atomic E-state index is -0.685. The Morgan fingerprint density at radius 3 is 2.75 bits per heavy atom. The summed E-state index contributed by atoms with van der Waals surface area (Å²) in [5, 5.41) is 10.1. The Morgan fingerprint density at radius 1 is 1.09 bits per heavy atom. The number of anilines is 3. The fraction of sp³-hybridized carbons (Fsp3) is 0.391. The molecule has 0 saturated carbocycles. The molecule has 166 valence electrons. The van der Waals surface area contributed by atoms with E-state index in [-0.39, 0.29) is 6.04 Å². The third-order valence-corrected chi connectivity index (χ3v) is 6.45. The third kappa shape index (κ3) is 3.74. The van der Waals surface area contributed by atoms with Crippen LogP contribution in [0.4, 0.5) is 17.2 Å². The van der Waals surface area contributed by atoms with Gasteiger partial charge < -0.3 is 20.9 Å². The SMILES string of the molecule is Nc1ncc(NC(=O)C(=O)N2CCCC[C@H]2c2cccc(N3CCCC3)c2)c2[nH]ncc12. The number of piperidine rings is 1. The standard InChI is InChI=1S/C23H27N7O2/c24-21-17-13-26-28-20(17)18(14-25-21)27-22(31)23(32)30-11-2-1-8-19(30)15-6-5-7-16(12-15)29-9-3-4-10-29/h5-7,12-14,19H,1-4,8-11H2,(H2,24,25)(H,26,28)(H,27,31)/t19-/m0/s1. The van der Waals surface area contributed by atoms with Gasteiger partial charge in [0.05, 0.1) is 35.0 Å². The zero-order chi connectivity index (χ0) is 22.1. The number of hydrogen-bond acceptors (Lipinski definition) is 6. The van der Waals surface area contributed by atoms with Crippen molar-refractivity contribution in [3.8, 4) is 0 Å². The topological polar surface area (TPSA) is 120 Å². The van der Waals surface area contributed by atoms with Crippen LogP contribution >= 0.6 is 0 Å². The molecule has 0 bridgehead atoms. The Bertz CT molecular complexity index is 1150. The van der Waals surface area contributed by atoms with Crippen molar-refractivity contribution in [1.29, 1.82) is 0 Å². The van der Waals surface area contributed by atoms with Crippen LogP contribution in [0.3, 0.4) is 0 Å². The van der Waals surface area contributed by atoms with Gasteiger partial charge in [0.15, 0.2) is 0 Å². The largest absolute Gasteiger partial charge is 0.383 e. The van der Waals surface area contributed by atoms with Crippen LogP contribution in [0.2, 0.25) is 0 Å². The van der Waals surface area contributed by atoms with E-state index in [4.69, 9.17) is 5.73 Å². The van der Waals surface area contributed by atoms with Crippen LogP contribution < -0.4 is 16.0 Å². The minimum absolute atomic E-state index is 0.110. The molecule has 5 rings (SSSR count). The maximum absolute atomic E-state index is 13.2. The van der Waals surface area contributed by atoms with Gasteiger partial charge in [-0.2, -0.15) is 5.10 Å². The molecule has 9 nitrogen and oxygen atoms in total. The summed E-state index contributed by atoms with van der Waals surface area (Å²) in [7, 11) is 0. The van der Waals surface area contributed by atoms with Gasteiger partial charge in [0.25, 0.3) is 0 Å². The Balaban J connectivity index is 1.37. The van der Waals surface area contributed by atoms with Gasteiger partial charge in [0.1, 0.15) is 5.82 Å². The van der Waals surface area contributed by atoms with Gasteiger partial charge in [0, 0.05) is 25.3 Å². The second kappa shape index (κ2) is 8.49. The number of aromatic nitrogens is 3. The van der Waals surface area contributed by atoms with E-state index >= 15 is 0 Å². The van der Waals surface area contributed by atoms with Crippen molar-refractivity contribution in [2.45, 2.75) is 38.1 Å². The minimum Gasteiger partial charge on any atom is -0.383 e. The van der Waals surface area contributed by atoms with Crippen LogP contribution in [0.25, 0.3) is 10.9 Å². The predicted molar refractivity (Wildman–Crippen MR) is 123 cm³/mol. The van der Waals surface area contributed by atoms with Crippen molar-refractivity contribution in [1.82, 2.24) is 20.1 Å². The van der Waals surface area contributed by atoms with Gasteiger partial charge in [-0.25, -0.2) is 4.98 Å². The number of nitrogen functional groups attached to an aromatic ring is 1. The van der Waals surface area contributed by atoms with E-state index in [1.165, 1.54) is 24.7 Å². The molecule has 9 heteroatoms. The molecule has 2 aromatic heterocycles. The molecule has 0 spiro atoms. The average molecular weight is 434 g/mol. The van der Waals surface area contributed by atoms with Crippen molar-refractivity contribution in [3.05, 3.63) is 42.2 Å². The molecule has 4 heterocycles. The van der Waals surface area contributed by atoms with Crippen LogP contribution in [0, 0.1) is 0 Å². The van der Waals surface area contributed by atoms with Crippen LogP contribution in [-0.4, -0.2) is 51.5 Å². The Kier molecular flexibility index (Phi) is 5.38. The van der Waals surface area contributed by atoms with Crippen molar-refractivity contribution < 1.29 is 9.59 Å². The molecule has 1 atom stereocenters. The van der Waals surface area contributed by atoms with Gasteiger partial charge in [0.2, 0.25) is 0 Å². The summed E-state index contributed by atoms with van der Waals surface area (Å²) >= 11 is 0. The molecule has 4 N–H and O–H groups in total. The van der Waals surface area contributed by atoms with Crippen LogP contribution in [0.5, 0.6) is 0 Å². The molecule has 0 unspecified atom stereocenters. The van der Waals surface area contributed by atoms with E-state index in [1.54, 1.807) is 11.1 Å². The zero-order valence-corrected chi connectivity index (χ0v) is 17.9. The summed E-state index contributed by atoms with van der Waals surface area (Å²) in [4.78, 5) is 34.3. The molecule has 3 aromatic rings. The zero-order valence-electron chi connectivity index (χ0n) is 17.9. The molecular weight excluding hydrogens is 406 g/mol. The molecular formula is C23H27N7O2. The lowest BCUT2D eigenvalue weighted by atomic mass is 9.94. The van der Waals surface area contributed by atoms with E-state index in [9.17, 15) is 9.59 Å². The second-order valence-corrected chi connectivity index (χ2v) is 8.47. The van der Waals surface area contributed by atoms with E-state index in [0.717, 1.165) is 37.9 Å². The summed E-state index contributed by atoms with van der Waals surface area (Å²) in [6, 6.07) is 8.31. The van der Waals surface area contributed by atoms with Crippen LogP contribution in [0.1, 0.15) is 43.7 Å². The van der Waals surface area contributed by atoms with Gasteiger partial charge in [-0.1, -0.05) is 12.1 Å². The first-order valence-electron chi connectivity index (χ1n) is 11.2. The first-order chi connectivity index (χ1) is 15.6. The number of pyridine rings is 1. The van der Waals surface area contributed by atoms with Crippen LogP contribution in [0.15, 0.2) is 36.7 Å². The fourth-order valence-electron chi connectivity index (χ4n) is 4.78. The van der Waals surface area contributed by atoms with E-state index in [0.29, 0.717) is 29.0 Å². The van der Waals surface area contributed by atoms with Gasteiger partial charge >= 0.3 is 11.8 Å². The van der Waals surface area contributed by atoms with Crippen molar-refractivity contribution >= 4 is 39.9 Å². The summed E-state index contributed by atoms with van der Waals surface area (Å²) in [5.74, 6) is -0.909. The highest BCUT2D eigenvalue weighted by molar-refractivity contribution is 6.40. The van der Waals surface area contributed by atoms with Crippen molar-refractivity contribution in [2.75, 3.05) is 35.6 Å². The number of H-pyrrole nitrogens is 1. The summed E-state index contributed by atoms with van der Waals surface area (Å²) < 4.78 is 0. The van der Waals surface area contributed by atoms with E-state index in [2.05, 4.69) is 49.7 Å².